The highest BCUT2D eigenvalue weighted by atomic mass is 16.6. The van der Waals surface area contributed by atoms with Crippen molar-refractivity contribution in [2.45, 2.75) is 19.6 Å². The second kappa shape index (κ2) is 8.67. The molecule has 0 fully saturated rings. The van der Waals surface area contributed by atoms with E-state index in [2.05, 4.69) is 4.90 Å². The summed E-state index contributed by atoms with van der Waals surface area (Å²) in [5.74, 6) is 4.10. The molecule has 7 heteroatoms. The Kier molecular flexibility index (Phi) is 5.81. The van der Waals surface area contributed by atoms with Gasteiger partial charge in [-0.15, -0.1) is 0 Å². The van der Waals surface area contributed by atoms with Crippen molar-refractivity contribution in [2.75, 3.05) is 34.4 Å². The van der Waals surface area contributed by atoms with Crippen LogP contribution in [0.5, 0.6) is 23.0 Å². The molecule has 1 atom stereocenters. The second-order valence-corrected chi connectivity index (χ2v) is 7.26. The number of rotatable bonds is 7. The number of aromatic nitrogens is 1. The van der Waals surface area contributed by atoms with Crippen molar-refractivity contribution >= 4 is 0 Å². The molecule has 1 aromatic heterocycles. The van der Waals surface area contributed by atoms with Crippen molar-refractivity contribution in [3.05, 3.63) is 53.9 Å². The fraction of sp³-hybridized carbons (Fsp3) is 0.348. The summed E-state index contributed by atoms with van der Waals surface area (Å²) in [7, 11) is 5.25. The number of fused-ring (bicyclic) bond motifs is 1. The predicted molar refractivity (Wildman–Crippen MR) is 112 cm³/mol. The van der Waals surface area contributed by atoms with Crippen LogP contribution in [0.15, 0.2) is 46.9 Å². The van der Waals surface area contributed by atoms with Crippen molar-refractivity contribution < 1.29 is 23.4 Å². The third-order valence-electron chi connectivity index (χ3n) is 5.03. The molecule has 1 aliphatic heterocycles. The number of benzene rings is 2. The summed E-state index contributed by atoms with van der Waals surface area (Å²) in [6.45, 7) is 3.77. The van der Waals surface area contributed by atoms with Crippen LogP contribution in [-0.2, 0) is 6.54 Å². The summed E-state index contributed by atoms with van der Waals surface area (Å²) < 4.78 is 28.7. The van der Waals surface area contributed by atoms with Gasteiger partial charge in [-0.3, -0.25) is 4.90 Å². The minimum atomic E-state index is -0.0462. The summed E-state index contributed by atoms with van der Waals surface area (Å²) in [6, 6.07) is 13.4. The highest BCUT2D eigenvalue weighted by molar-refractivity contribution is 5.68. The van der Waals surface area contributed by atoms with E-state index < -0.39 is 0 Å². The molecule has 1 aliphatic rings. The van der Waals surface area contributed by atoms with E-state index in [0.29, 0.717) is 37.1 Å². The van der Waals surface area contributed by atoms with Crippen LogP contribution in [-0.4, -0.2) is 50.4 Å². The van der Waals surface area contributed by atoms with E-state index in [1.165, 1.54) is 0 Å². The average molecular weight is 410 g/mol. The highest BCUT2D eigenvalue weighted by Gasteiger charge is 2.23. The molecule has 0 aliphatic carbocycles. The van der Waals surface area contributed by atoms with E-state index in [1.807, 2.05) is 56.4 Å². The largest absolute Gasteiger partial charge is 0.493 e. The van der Waals surface area contributed by atoms with Crippen LogP contribution >= 0.6 is 0 Å². The molecule has 158 valence electrons. The summed E-state index contributed by atoms with van der Waals surface area (Å²) in [5, 5.41) is 0. The van der Waals surface area contributed by atoms with Crippen molar-refractivity contribution in [1.29, 1.82) is 0 Å². The normalized spacial score (nSPS) is 15.3. The molecule has 0 unspecified atom stereocenters. The van der Waals surface area contributed by atoms with E-state index in [1.54, 1.807) is 14.2 Å². The Bertz CT molecular complexity index is 1020. The monoisotopic (exact) mass is 410 g/mol. The van der Waals surface area contributed by atoms with Gasteiger partial charge in [-0.25, -0.2) is 4.98 Å². The lowest BCUT2D eigenvalue weighted by Gasteiger charge is -2.29. The number of para-hydroxylation sites is 3. The maximum absolute atomic E-state index is 6.06. The zero-order valence-corrected chi connectivity index (χ0v) is 17.7. The lowest BCUT2D eigenvalue weighted by atomic mass is 10.2. The lowest BCUT2D eigenvalue weighted by molar-refractivity contribution is 0.0634. The number of nitrogens with zero attached hydrogens (tertiary/aromatic N) is 2. The fourth-order valence-corrected chi connectivity index (χ4v) is 3.57. The van der Waals surface area contributed by atoms with Crippen LogP contribution in [0, 0.1) is 6.92 Å². The van der Waals surface area contributed by atoms with Gasteiger partial charge in [-0.05, 0) is 38.2 Å². The Hall–Kier alpha value is -3.19. The Morgan fingerprint density at radius 1 is 1.07 bits per heavy atom. The summed E-state index contributed by atoms with van der Waals surface area (Å²) in [5.41, 5.74) is 1.63. The van der Waals surface area contributed by atoms with Gasteiger partial charge in [0.2, 0.25) is 5.89 Å². The number of hydrogen-bond acceptors (Lipinski definition) is 7. The second-order valence-electron chi connectivity index (χ2n) is 7.26. The van der Waals surface area contributed by atoms with E-state index in [4.69, 9.17) is 28.3 Å². The molecule has 0 radical (unpaired) electrons. The number of methoxy groups -OCH3 is 2. The molecule has 30 heavy (non-hydrogen) atoms. The molecule has 0 amide bonds. The molecular formula is C23H26N2O5. The molecule has 0 saturated heterocycles. The molecule has 3 aromatic rings. The van der Waals surface area contributed by atoms with Crippen LogP contribution in [0.1, 0.15) is 11.5 Å². The summed E-state index contributed by atoms with van der Waals surface area (Å²) in [6.07, 6.45) is -0.0462. The average Bonchev–Trinajstić information content (AvgIpc) is 3.12. The number of hydrogen-bond donors (Lipinski definition) is 0. The topological polar surface area (TPSA) is 66.2 Å². The minimum Gasteiger partial charge on any atom is -0.493 e. The Morgan fingerprint density at radius 2 is 1.87 bits per heavy atom. The maximum Gasteiger partial charge on any atom is 0.230 e. The highest BCUT2D eigenvalue weighted by Crippen LogP contribution is 2.38. The smallest absolute Gasteiger partial charge is 0.230 e. The Morgan fingerprint density at radius 3 is 2.63 bits per heavy atom. The quantitative estimate of drug-likeness (QED) is 0.584. The first-order valence-corrected chi connectivity index (χ1v) is 9.83. The van der Waals surface area contributed by atoms with Gasteiger partial charge >= 0.3 is 0 Å². The molecular weight excluding hydrogens is 384 g/mol. The van der Waals surface area contributed by atoms with Crippen LogP contribution in [0.25, 0.3) is 11.5 Å². The van der Waals surface area contributed by atoms with Crippen molar-refractivity contribution in [2.24, 2.45) is 0 Å². The van der Waals surface area contributed by atoms with Gasteiger partial charge in [-0.1, -0.05) is 18.2 Å². The summed E-state index contributed by atoms with van der Waals surface area (Å²) >= 11 is 0. The van der Waals surface area contributed by atoms with Gasteiger partial charge in [0.1, 0.15) is 18.5 Å². The molecule has 0 saturated carbocycles. The lowest BCUT2D eigenvalue weighted by Crippen LogP contribution is -2.39. The molecule has 7 nitrogen and oxygen atoms in total. The number of ether oxygens (including phenoxy) is 4. The molecule has 2 heterocycles. The Labute approximate surface area is 176 Å². The third kappa shape index (κ3) is 4.07. The van der Waals surface area contributed by atoms with E-state index in [9.17, 15) is 0 Å². The summed E-state index contributed by atoms with van der Waals surface area (Å²) in [4.78, 5) is 6.87. The number of likely N-dealkylation sites (N-methyl/N-ethyl adjacent to an activating group) is 1. The first-order valence-electron chi connectivity index (χ1n) is 9.83. The molecule has 0 spiro atoms. The van der Waals surface area contributed by atoms with E-state index in [-0.39, 0.29) is 6.10 Å². The molecule has 0 bridgehead atoms. The van der Waals surface area contributed by atoms with E-state index >= 15 is 0 Å². The number of aryl methyl sites for hydroxylation is 1. The molecule has 0 N–H and O–H groups in total. The van der Waals surface area contributed by atoms with Gasteiger partial charge in [-0.2, -0.15) is 0 Å². The fourth-order valence-electron chi connectivity index (χ4n) is 3.57. The Balaban J connectivity index is 1.46. The third-order valence-corrected chi connectivity index (χ3v) is 5.03. The van der Waals surface area contributed by atoms with E-state index in [0.717, 1.165) is 28.5 Å². The maximum atomic E-state index is 6.06. The zero-order valence-electron chi connectivity index (χ0n) is 17.7. The van der Waals surface area contributed by atoms with Gasteiger partial charge in [0.05, 0.1) is 25.5 Å². The van der Waals surface area contributed by atoms with Crippen molar-refractivity contribution in [3.63, 3.8) is 0 Å². The predicted octanol–water partition coefficient (Wildman–Crippen LogP) is 3.94. The first kappa shape index (κ1) is 20.1. The van der Waals surface area contributed by atoms with Crippen molar-refractivity contribution in [1.82, 2.24) is 9.88 Å². The van der Waals surface area contributed by atoms with Gasteiger partial charge in [0.25, 0.3) is 0 Å². The van der Waals surface area contributed by atoms with Crippen LogP contribution in [0.3, 0.4) is 0 Å². The van der Waals surface area contributed by atoms with Gasteiger partial charge < -0.3 is 23.4 Å². The standard InChI is InChI=1S/C23H26N2O5/c1-15-18(24-23(29-15)17-8-7-11-21(26-3)22(17)27-4)13-25(2)12-16-14-28-19-9-5-6-10-20(19)30-16/h5-11,16H,12-14H2,1-4H3/t16-/m1/s1. The first-order chi connectivity index (χ1) is 14.6. The zero-order chi connectivity index (χ0) is 21.1. The van der Waals surface area contributed by atoms with Crippen LogP contribution in [0.4, 0.5) is 0 Å². The number of oxazole rings is 1. The van der Waals surface area contributed by atoms with Crippen LogP contribution in [0.2, 0.25) is 0 Å². The van der Waals surface area contributed by atoms with Crippen LogP contribution < -0.4 is 18.9 Å². The SMILES string of the molecule is COc1cccc(-c2nc(CN(C)C[C@@H]3COc4ccccc4O3)c(C)o2)c1OC. The molecule has 2 aromatic carbocycles. The van der Waals surface area contributed by atoms with Gasteiger partial charge in [0.15, 0.2) is 23.0 Å². The molecule has 4 rings (SSSR count). The van der Waals surface area contributed by atoms with Gasteiger partial charge in [0, 0.05) is 13.1 Å². The van der Waals surface area contributed by atoms with Crippen molar-refractivity contribution in [3.8, 4) is 34.5 Å². The minimum absolute atomic E-state index is 0.0462.